The molecule has 8 nitrogen and oxygen atoms in total. The number of nitrogens with one attached hydrogen (secondary N) is 2. The van der Waals surface area contributed by atoms with Crippen molar-refractivity contribution in [2.24, 2.45) is 0 Å². The Balaban J connectivity index is 1.94. The summed E-state index contributed by atoms with van der Waals surface area (Å²) in [7, 11) is 0. The molecule has 3 rings (SSSR count). The molecule has 0 saturated carbocycles. The van der Waals surface area contributed by atoms with Gasteiger partial charge < -0.3 is 5.32 Å². The van der Waals surface area contributed by atoms with Gasteiger partial charge in [-0.05, 0) is 13.0 Å². The fourth-order valence-electron chi connectivity index (χ4n) is 1.51. The lowest BCUT2D eigenvalue weighted by atomic mass is 10.5. The number of carbonyl (C=O) groups excluding carboxylic acids is 1. The summed E-state index contributed by atoms with van der Waals surface area (Å²) in [6.07, 6.45) is 4.69. The summed E-state index contributed by atoms with van der Waals surface area (Å²) in [5.74, 6) is 0.0617. The molecule has 0 radical (unpaired) electrons. The molecule has 0 saturated heterocycles. The molecule has 18 heavy (non-hydrogen) atoms. The second kappa shape index (κ2) is 3.91. The SMILES string of the molecule is Cc1ccnc2nc(C(=O)Nc3cn[nH]c3)nn12. The molecule has 8 heteroatoms. The Morgan fingerprint density at radius 3 is 3.11 bits per heavy atom. The normalized spacial score (nSPS) is 10.7. The molecule has 3 aromatic rings. The highest BCUT2D eigenvalue weighted by molar-refractivity contribution is 6.01. The van der Waals surface area contributed by atoms with Crippen molar-refractivity contribution in [3.05, 3.63) is 36.2 Å². The zero-order valence-corrected chi connectivity index (χ0v) is 9.45. The summed E-state index contributed by atoms with van der Waals surface area (Å²) < 4.78 is 1.52. The van der Waals surface area contributed by atoms with Gasteiger partial charge in [0.15, 0.2) is 0 Å². The van der Waals surface area contributed by atoms with E-state index in [4.69, 9.17) is 0 Å². The maximum absolute atomic E-state index is 11.9. The molecule has 0 fully saturated rings. The van der Waals surface area contributed by atoms with E-state index in [1.807, 2.05) is 6.92 Å². The van der Waals surface area contributed by atoms with Crippen molar-refractivity contribution in [2.75, 3.05) is 5.32 Å². The fourth-order valence-corrected chi connectivity index (χ4v) is 1.51. The first kappa shape index (κ1) is 10.4. The average Bonchev–Trinajstić information content (AvgIpc) is 2.97. The van der Waals surface area contributed by atoms with Crippen LogP contribution in [-0.4, -0.2) is 35.7 Å². The predicted octanol–water partition coefficient (Wildman–Crippen LogP) is 0.408. The van der Waals surface area contributed by atoms with E-state index in [9.17, 15) is 4.79 Å². The van der Waals surface area contributed by atoms with Crippen LogP contribution in [0.2, 0.25) is 0 Å². The Labute approximate surface area is 101 Å². The molecule has 90 valence electrons. The molecule has 2 N–H and O–H groups in total. The first-order chi connectivity index (χ1) is 8.74. The van der Waals surface area contributed by atoms with Gasteiger partial charge in [0.1, 0.15) is 0 Å². The molecule has 0 aliphatic heterocycles. The van der Waals surface area contributed by atoms with E-state index in [2.05, 4.69) is 30.6 Å². The fraction of sp³-hybridized carbons (Fsp3) is 0.100. The zero-order chi connectivity index (χ0) is 12.5. The molecule has 0 aliphatic rings. The quantitative estimate of drug-likeness (QED) is 0.678. The lowest BCUT2D eigenvalue weighted by molar-refractivity contribution is 0.101. The number of amides is 1. The summed E-state index contributed by atoms with van der Waals surface area (Å²) in [5.41, 5.74) is 1.42. The lowest BCUT2D eigenvalue weighted by Gasteiger charge is -1.96. The highest BCUT2D eigenvalue weighted by Gasteiger charge is 2.14. The second-order valence-corrected chi connectivity index (χ2v) is 3.67. The van der Waals surface area contributed by atoms with E-state index in [-0.39, 0.29) is 5.82 Å². The van der Waals surface area contributed by atoms with Crippen LogP contribution in [0.25, 0.3) is 5.78 Å². The Hall–Kier alpha value is -2.77. The van der Waals surface area contributed by atoms with Crippen molar-refractivity contribution in [2.45, 2.75) is 6.92 Å². The number of anilines is 1. The Kier molecular flexibility index (Phi) is 2.26. The Morgan fingerprint density at radius 2 is 2.39 bits per heavy atom. The van der Waals surface area contributed by atoms with Gasteiger partial charge in [-0.3, -0.25) is 9.89 Å². The van der Waals surface area contributed by atoms with Gasteiger partial charge in [-0.2, -0.15) is 10.1 Å². The van der Waals surface area contributed by atoms with Crippen molar-refractivity contribution >= 4 is 17.4 Å². The van der Waals surface area contributed by atoms with Crippen LogP contribution in [0, 0.1) is 6.92 Å². The maximum Gasteiger partial charge on any atom is 0.295 e. The average molecular weight is 243 g/mol. The number of aromatic nitrogens is 6. The summed E-state index contributed by atoms with van der Waals surface area (Å²) in [4.78, 5) is 20.0. The van der Waals surface area contributed by atoms with Crippen molar-refractivity contribution < 1.29 is 4.79 Å². The third-order valence-electron chi connectivity index (χ3n) is 2.39. The van der Waals surface area contributed by atoms with Gasteiger partial charge in [0.05, 0.1) is 11.9 Å². The number of rotatable bonds is 2. The van der Waals surface area contributed by atoms with Crippen molar-refractivity contribution in [1.82, 2.24) is 29.8 Å². The van der Waals surface area contributed by atoms with Crippen LogP contribution < -0.4 is 5.32 Å². The van der Waals surface area contributed by atoms with Gasteiger partial charge in [0.25, 0.3) is 11.7 Å². The third-order valence-corrected chi connectivity index (χ3v) is 2.39. The van der Waals surface area contributed by atoms with E-state index in [1.54, 1.807) is 18.5 Å². The number of nitrogens with zero attached hydrogens (tertiary/aromatic N) is 5. The molecule has 0 aromatic carbocycles. The lowest BCUT2D eigenvalue weighted by Crippen LogP contribution is -2.13. The largest absolute Gasteiger partial charge is 0.316 e. The highest BCUT2D eigenvalue weighted by atomic mass is 16.2. The second-order valence-electron chi connectivity index (χ2n) is 3.67. The summed E-state index contributed by atoms with van der Waals surface area (Å²) in [6.45, 7) is 1.86. The monoisotopic (exact) mass is 243 g/mol. The summed E-state index contributed by atoms with van der Waals surface area (Å²) >= 11 is 0. The number of fused-ring (bicyclic) bond motifs is 1. The van der Waals surface area contributed by atoms with Crippen molar-refractivity contribution in [1.29, 1.82) is 0 Å². The van der Waals surface area contributed by atoms with Crippen molar-refractivity contribution in [3.8, 4) is 0 Å². The minimum absolute atomic E-state index is 0.0676. The molecule has 0 atom stereocenters. The minimum atomic E-state index is -0.402. The van der Waals surface area contributed by atoms with E-state index >= 15 is 0 Å². The van der Waals surface area contributed by atoms with E-state index in [0.717, 1.165) is 5.69 Å². The van der Waals surface area contributed by atoms with Crippen LogP contribution in [0.15, 0.2) is 24.7 Å². The van der Waals surface area contributed by atoms with E-state index in [1.165, 1.54) is 10.7 Å². The van der Waals surface area contributed by atoms with Gasteiger partial charge in [-0.15, -0.1) is 5.10 Å². The first-order valence-corrected chi connectivity index (χ1v) is 5.22. The molecule has 3 heterocycles. The van der Waals surface area contributed by atoms with Crippen LogP contribution in [0.4, 0.5) is 5.69 Å². The van der Waals surface area contributed by atoms with Crippen LogP contribution in [-0.2, 0) is 0 Å². The Morgan fingerprint density at radius 1 is 1.50 bits per heavy atom. The van der Waals surface area contributed by atoms with Gasteiger partial charge in [-0.25, -0.2) is 9.50 Å². The predicted molar refractivity (Wildman–Crippen MR) is 62.1 cm³/mol. The Bertz CT molecular complexity index is 700. The standard InChI is InChI=1S/C10H9N7O/c1-6-2-3-11-10-15-8(16-17(6)10)9(18)14-7-4-12-13-5-7/h2-5H,1H3,(H,12,13)(H,14,18). The first-order valence-electron chi connectivity index (χ1n) is 5.22. The number of aromatic amines is 1. The molecule has 0 spiro atoms. The molecule has 3 aromatic heterocycles. The van der Waals surface area contributed by atoms with Crippen LogP contribution in [0.3, 0.4) is 0 Å². The number of H-pyrrole nitrogens is 1. The zero-order valence-electron chi connectivity index (χ0n) is 9.45. The smallest absolute Gasteiger partial charge is 0.295 e. The maximum atomic E-state index is 11.9. The van der Waals surface area contributed by atoms with Crippen molar-refractivity contribution in [3.63, 3.8) is 0 Å². The summed E-state index contributed by atoms with van der Waals surface area (Å²) in [5, 5.41) is 13.0. The van der Waals surface area contributed by atoms with Gasteiger partial charge >= 0.3 is 0 Å². The molecule has 0 bridgehead atoms. The molecule has 1 amide bonds. The number of hydrogen-bond donors (Lipinski definition) is 2. The van der Waals surface area contributed by atoms with Gasteiger partial charge in [-0.1, -0.05) is 0 Å². The molecular formula is C10H9N7O. The van der Waals surface area contributed by atoms with Gasteiger partial charge in [0, 0.05) is 18.1 Å². The molecule has 0 unspecified atom stereocenters. The molecule has 0 aliphatic carbocycles. The number of carbonyl (C=O) groups is 1. The van der Waals surface area contributed by atoms with Crippen LogP contribution in [0.1, 0.15) is 16.3 Å². The minimum Gasteiger partial charge on any atom is -0.316 e. The van der Waals surface area contributed by atoms with E-state index < -0.39 is 5.91 Å². The number of aryl methyl sites for hydroxylation is 1. The van der Waals surface area contributed by atoms with Crippen LogP contribution in [0.5, 0.6) is 0 Å². The molecular weight excluding hydrogens is 234 g/mol. The third kappa shape index (κ3) is 1.69. The summed E-state index contributed by atoms with van der Waals surface area (Å²) in [6, 6.07) is 1.79. The van der Waals surface area contributed by atoms with Gasteiger partial charge in [0.2, 0.25) is 5.82 Å². The topological polar surface area (TPSA) is 101 Å². The number of hydrogen-bond acceptors (Lipinski definition) is 5. The highest BCUT2D eigenvalue weighted by Crippen LogP contribution is 2.06. The van der Waals surface area contributed by atoms with E-state index in [0.29, 0.717) is 11.5 Å². The van der Waals surface area contributed by atoms with Crippen LogP contribution >= 0.6 is 0 Å².